The van der Waals surface area contributed by atoms with Crippen molar-refractivity contribution in [1.29, 1.82) is 0 Å². The van der Waals surface area contributed by atoms with Crippen molar-refractivity contribution in [3.8, 4) is 5.88 Å². The van der Waals surface area contributed by atoms with Crippen LogP contribution in [-0.4, -0.2) is 24.5 Å². The molecule has 1 aromatic carbocycles. The Morgan fingerprint density at radius 2 is 2.20 bits per heavy atom. The Hall–Kier alpha value is -2.40. The molecule has 0 bridgehead atoms. The van der Waals surface area contributed by atoms with Crippen LogP contribution < -0.4 is 15.8 Å². The van der Waals surface area contributed by atoms with Gasteiger partial charge in [0.15, 0.2) is 0 Å². The molecule has 0 aliphatic carbocycles. The highest BCUT2D eigenvalue weighted by Crippen LogP contribution is 2.13. The molecule has 2 rings (SSSR count). The molecular weight excluding hydrogens is 254 g/mol. The Morgan fingerprint density at radius 1 is 1.35 bits per heavy atom. The number of carbonyl (C=O) groups is 1. The predicted molar refractivity (Wildman–Crippen MR) is 77.9 cm³/mol. The van der Waals surface area contributed by atoms with Crippen LogP contribution in [0.15, 0.2) is 42.6 Å². The fourth-order valence-corrected chi connectivity index (χ4v) is 1.81. The molecule has 0 fully saturated rings. The molecule has 3 N–H and O–H groups in total. The van der Waals surface area contributed by atoms with Crippen molar-refractivity contribution in [3.05, 3.63) is 53.7 Å². The molecule has 0 spiro atoms. The maximum Gasteiger partial charge on any atom is 0.255 e. The van der Waals surface area contributed by atoms with Crippen molar-refractivity contribution in [1.82, 2.24) is 4.98 Å². The second-order valence-electron chi connectivity index (χ2n) is 4.28. The van der Waals surface area contributed by atoms with Crippen molar-refractivity contribution in [2.24, 2.45) is 5.73 Å². The lowest BCUT2D eigenvalue weighted by Gasteiger charge is -2.07. The molecule has 0 unspecified atom stereocenters. The first-order valence-corrected chi connectivity index (χ1v) is 6.33. The van der Waals surface area contributed by atoms with Gasteiger partial charge in [0.25, 0.3) is 5.91 Å². The van der Waals surface area contributed by atoms with Crippen LogP contribution in [0.25, 0.3) is 0 Å². The van der Waals surface area contributed by atoms with Gasteiger partial charge in [0.1, 0.15) is 0 Å². The average molecular weight is 271 g/mol. The average Bonchev–Trinajstić information content (AvgIpc) is 2.48. The van der Waals surface area contributed by atoms with E-state index in [1.54, 1.807) is 31.5 Å². The fourth-order valence-electron chi connectivity index (χ4n) is 1.81. The Labute approximate surface area is 117 Å². The van der Waals surface area contributed by atoms with Crippen LogP contribution in [-0.2, 0) is 6.42 Å². The van der Waals surface area contributed by atoms with E-state index < -0.39 is 0 Å². The van der Waals surface area contributed by atoms with E-state index >= 15 is 0 Å². The number of anilines is 1. The Balaban J connectivity index is 2.08. The zero-order chi connectivity index (χ0) is 14.4. The van der Waals surface area contributed by atoms with Gasteiger partial charge in [-0.3, -0.25) is 4.79 Å². The maximum atomic E-state index is 12.1. The number of nitrogens with zero attached hydrogens (tertiary/aromatic N) is 1. The lowest BCUT2D eigenvalue weighted by Crippen LogP contribution is -2.13. The van der Waals surface area contributed by atoms with Gasteiger partial charge in [-0.2, -0.15) is 0 Å². The summed E-state index contributed by atoms with van der Waals surface area (Å²) in [4.78, 5) is 16.2. The maximum absolute atomic E-state index is 12.1. The molecule has 20 heavy (non-hydrogen) atoms. The number of nitrogens with one attached hydrogen (secondary N) is 1. The van der Waals surface area contributed by atoms with Crippen molar-refractivity contribution in [2.45, 2.75) is 6.42 Å². The van der Waals surface area contributed by atoms with Crippen LogP contribution in [0.4, 0.5) is 5.69 Å². The summed E-state index contributed by atoms with van der Waals surface area (Å²) in [6, 6.07) is 10.9. The van der Waals surface area contributed by atoms with Gasteiger partial charge < -0.3 is 15.8 Å². The number of rotatable bonds is 5. The predicted octanol–water partition coefficient (Wildman–Crippen LogP) is 1.84. The second-order valence-corrected chi connectivity index (χ2v) is 4.28. The third kappa shape index (κ3) is 3.55. The van der Waals surface area contributed by atoms with E-state index in [0.717, 1.165) is 12.0 Å². The Morgan fingerprint density at radius 3 is 2.85 bits per heavy atom. The zero-order valence-electron chi connectivity index (χ0n) is 11.3. The van der Waals surface area contributed by atoms with Crippen molar-refractivity contribution >= 4 is 11.6 Å². The van der Waals surface area contributed by atoms with Gasteiger partial charge in [-0.15, -0.1) is 0 Å². The monoisotopic (exact) mass is 271 g/mol. The summed E-state index contributed by atoms with van der Waals surface area (Å²) in [5.74, 6) is 0.337. The molecule has 0 aliphatic heterocycles. The summed E-state index contributed by atoms with van der Waals surface area (Å²) in [5.41, 5.74) is 7.79. The highest BCUT2D eigenvalue weighted by molar-refractivity contribution is 6.04. The summed E-state index contributed by atoms with van der Waals surface area (Å²) in [7, 11) is 1.55. The SMILES string of the molecule is COc1ccc(NC(=O)c2cccc(CCN)c2)cn1. The van der Waals surface area contributed by atoms with Gasteiger partial charge in [-0.05, 0) is 36.7 Å². The van der Waals surface area contributed by atoms with Gasteiger partial charge >= 0.3 is 0 Å². The van der Waals surface area contributed by atoms with Crippen LogP contribution in [0.3, 0.4) is 0 Å². The van der Waals surface area contributed by atoms with Gasteiger partial charge in [-0.25, -0.2) is 4.98 Å². The highest BCUT2D eigenvalue weighted by Gasteiger charge is 2.07. The molecule has 5 nitrogen and oxygen atoms in total. The molecule has 0 saturated carbocycles. The van der Waals surface area contributed by atoms with Crippen molar-refractivity contribution in [3.63, 3.8) is 0 Å². The fraction of sp³-hybridized carbons (Fsp3) is 0.200. The van der Waals surface area contributed by atoms with E-state index in [9.17, 15) is 4.79 Å². The normalized spacial score (nSPS) is 10.1. The molecular formula is C15H17N3O2. The largest absolute Gasteiger partial charge is 0.481 e. The Kier molecular flexibility index (Phi) is 4.68. The number of pyridine rings is 1. The summed E-state index contributed by atoms with van der Waals surface area (Å²) in [6.45, 7) is 0.563. The smallest absolute Gasteiger partial charge is 0.255 e. The lowest BCUT2D eigenvalue weighted by molar-refractivity contribution is 0.102. The zero-order valence-corrected chi connectivity index (χ0v) is 11.3. The second kappa shape index (κ2) is 6.68. The third-order valence-electron chi connectivity index (χ3n) is 2.83. The van der Waals surface area contributed by atoms with Gasteiger partial charge in [-0.1, -0.05) is 12.1 Å². The molecule has 1 heterocycles. The summed E-state index contributed by atoms with van der Waals surface area (Å²) >= 11 is 0. The van der Waals surface area contributed by atoms with Gasteiger partial charge in [0, 0.05) is 11.6 Å². The first-order chi connectivity index (χ1) is 9.72. The minimum Gasteiger partial charge on any atom is -0.481 e. The van der Waals surface area contributed by atoms with E-state index in [1.807, 2.05) is 18.2 Å². The summed E-state index contributed by atoms with van der Waals surface area (Å²) in [6.07, 6.45) is 2.31. The molecule has 1 aromatic heterocycles. The first-order valence-electron chi connectivity index (χ1n) is 6.33. The highest BCUT2D eigenvalue weighted by atomic mass is 16.5. The van der Waals surface area contributed by atoms with Crippen LogP contribution >= 0.6 is 0 Å². The number of amides is 1. The molecule has 0 atom stereocenters. The molecule has 1 amide bonds. The number of carbonyl (C=O) groups excluding carboxylic acids is 1. The number of ether oxygens (including phenoxy) is 1. The van der Waals surface area contributed by atoms with Gasteiger partial charge in [0.2, 0.25) is 5.88 Å². The van der Waals surface area contributed by atoms with Crippen LogP contribution in [0.1, 0.15) is 15.9 Å². The van der Waals surface area contributed by atoms with Crippen LogP contribution in [0.2, 0.25) is 0 Å². The minimum absolute atomic E-state index is 0.171. The molecule has 2 aromatic rings. The third-order valence-corrected chi connectivity index (χ3v) is 2.83. The topological polar surface area (TPSA) is 77.2 Å². The van der Waals surface area contributed by atoms with E-state index in [0.29, 0.717) is 23.7 Å². The first kappa shape index (κ1) is 14.0. The molecule has 104 valence electrons. The Bertz CT molecular complexity index is 582. The lowest BCUT2D eigenvalue weighted by atomic mass is 10.1. The van der Waals surface area contributed by atoms with Crippen molar-refractivity contribution < 1.29 is 9.53 Å². The van der Waals surface area contributed by atoms with E-state index in [2.05, 4.69) is 10.3 Å². The standard InChI is InChI=1S/C15H17N3O2/c1-20-14-6-5-13(10-17-14)18-15(19)12-4-2-3-11(9-12)7-8-16/h2-6,9-10H,7-8,16H2,1H3,(H,18,19). The van der Waals surface area contributed by atoms with E-state index in [-0.39, 0.29) is 5.91 Å². The van der Waals surface area contributed by atoms with Crippen LogP contribution in [0, 0.1) is 0 Å². The number of nitrogens with two attached hydrogens (primary N) is 1. The number of benzene rings is 1. The molecule has 5 heteroatoms. The van der Waals surface area contributed by atoms with Crippen LogP contribution in [0.5, 0.6) is 5.88 Å². The summed E-state index contributed by atoms with van der Waals surface area (Å²) < 4.78 is 4.97. The van der Waals surface area contributed by atoms with E-state index in [4.69, 9.17) is 10.5 Å². The minimum atomic E-state index is -0.171. The number of methoxy groups -OCH3 is 1. The number of hydrogen-bond donors (Lipinski definition) is 2. The van der Waals surface area contributed by atoms with E-state index in [1.165, 1.54) is 0 Å². The molecule has 0 aliphatic rings. The van der Waals surface area contributed by atoms with Gasteiger partial charge in [0.05, 0.1) is 19.0 Å². The molecule has 0 radical (unpaired) electrons. The molecule has 0 saturated heterocycles. The number of hydrogen-bond acceptors (Lipinski definition) is 4. The quantitative estimate of drug-likeness (QED) is 0.870. The van der Waals surface area contributed by atoms with Crippen molar-refractivity contribution in [2.75, 3.05) is 19.0 Å². The summed E-state index contributed by atoms with van der Waals surface area (Å²) in [5, 5.41) is 2.79. The number of aromatic nitrogens is 1.